The van der Waals surface area contributed by atoms with Gasteiger partial charge in [0.1, 0.15) is 23.1 Å². The Balaban J connectivity index is 1.56. The van der Waals surface area contributed by atoms with E-state index in [1.807, 2.05) is 29.8 Å². The van der Waals surface area contributed by atoms with Crippen molar-refractivity contribution in [1.29, 1.82) is 0 Å². The van der Waals surface area contributed by atoms with E-state index in [4.69, 9.17) is 9.47 Å². The fourth-order valence-corrected chi connectivity index (χ4v) is 4.10. The Kier molecular flexibility index (Phi) is 3.95. The number of anilines is 1. The lowest BCUT2D eigenvalue weighted by molar-refractivity contribution is 0.102. The highest BCUT2D eigenvalue weighted by Crippen LogP contribution is 2.34. The molecule has 2 aromatic heterocycles. The molecule has 24 heavy (non-hydrogen) atoms. The maximum absolute atomic E-state index is 12.6. The van der Waals surface area contributed by atoms with Crippen molar-refractivity contribution in [2.75, 3.05) is 18.5 Å². The van der Waals surface area contributed by atoms with Gasteiger partial charge in [-0.1, -0.05) is 0 Å². The number of hydrogen-bond acceptors (Lipinski definition) is 6. The van der Waals surface area contributed by atoms with Gasteiger partial charge >= 0.3 is 0 Å². The van der Waals surface area contributed by atoms with E-state index in [0.29, 0.717) is 35.3 Å². The standard InChI is InChI=1S/C17H14N2O3S2/c1-10-15(24-17(18-10)11-4-7-23-9-11)16(20)19-12-2-3-13-14(8-12)22-6-5-21-13/h2-4,7-9H,5-6H2,1H3,(H,19,20). The van der Waals surface area contributed by atoms with Gasteiger partial charge in [0.25, 0.3) is 5.91 Å². The minimum atomic E-state index is -0.164. The third-order valence-electron chi connectivity index (χ3n) is 3.57. The first-order valence-corrected chi connectivity index (χ1v) is 9.17. The van der Waals surface area contributed by atoms with Gasteiger partial charge in [-0.2, -0.15) is 11.3 Å². The number of carbonyl (C=O) groups is 1. The lowest BCUT2D eigenvalue weighted by Gasteiger charge is -2.18. The van der Waals surface area contributed by atoms with Crippen molar-refractivity contribution in [1.82, 2.24) is 4.98 Å². The number of fused-ring (bicyclic) bond motifs is 1. The van der Waals surface area contributed by atoms with Gasteiger partial charge in [0, 0.05) is 22.7 Å². The van der Waals surface area contributed by atoms with Crippen LogP contribution < -0.4 is 14.8 Å². The molecule has 0 bridgehead atoms. The maximum Gasteiger partial charge on any atom is 0.267 e. The van der Waals surface area contributed by atoms with Crippen LogP contribution in [0, 0.1) is 6.92 Å². The van der Waals surface area contributed by atoms with Crippen LogP contribution >= 0.6 is 22.7 Å². The molecule has 0 radical (unpaired) electrons. The van der Waals surface area contributed by atoms with E-state index in [9.17, 15) is 4.79 Å². The number of benzene rings is 1. The zero-order valence-corrected chi connectivity index (χ0v) is 14.5. The lowest BCUT2D eigenvalue weighted by Crippen LogP contribution is -2.16. The predicted molar refractivity (Wildman–Crippen MR) is 95.5 cm³/mol. The summed E-state index contributed by atoms with van der Waals surface area (Å²) in [7, 11) is 0. The molecule has 0 fully saturated rings. The number of nitrogens with one attached hydrogen (secondary N) is 1. The number of carbonyl (C=O) groups excluding carboxylic acids is 1. The van der Waals surface area contributed by atoms with E-state index in [1.54, 1.807) is 23.5 Å². The van der Waals surface area contributed by atoms with Crippen LogP contribution in [0.2, 0.25) is 0 Å². The van der Waals surface area contributed by atoms with Crippen LogP contribution in [0.4, 0.5) is 5.69 Å². The summed E-state index contributed by atoms with van der Waals surface area (Å²) in [5.41, 5.74) is 2.46. The van der Waals surface area contributed by atoms with Crippen LogP contribution in [0.1, 0.15) is 15.4 Å². The topological polar surface area (TPSA) is 60.5 Å². The number of amides is 1. The fraction of sp³-hybridized carbons (Fsp3) is 0.176. The normalized spacial score (nSPS) is 12.9. The van der Waals surface area contributed by atoms with Crippen LogP contribution in [0.15, 0.2) is 35.0 Å². The molecule has 1 amide bonds. The van der Waals surface area contributed by atoms with Crippen molar-refractivity contribution in [3.8, 4) is 22.1 Å². The third-order valence-corrected chi connectivity index (χ3v) is 5.46. The van der Waals surface area contributed by atoms with Gasteiger partial charge < -0.3 is 14.8 Å². The summed E-state index contributed by atoms with van der Waals surface area (Å²) in [5.74, 6) is 1.19. The minimum Gasteiger partial charge on any atom is -0.486 e. The third kappa shape index (κ3) is 2.88. The molecule has 0 unspecified atom stereocenters. The SMILES string of the molecule is Cc1nc(-c2ccsc2)sc1C(=O)Nc1ccc2c(c1)OCCO2. The number of hydrogen-bond donors (Lipinski definition) is 1. The average molecular weight is 358 g/mol. The largest absolute Gasteiger partial charge is 0.486 e. The molecule has 0 aliphatic carbocycles. The van der Waals surface area contributed by atoms with E-state index in [-0.39, 0.29) is 5.91 Å². The van der Waals surface area contributed by atoms with Crippen LogP contribution in [0.25, 0.3) is 10.6 Å². The molecule has 0 saturated heterocycles. The summed E-state index contributed by atoms with van der Waals surface area (Å²) in [6.45, 7) is 2.91. The van der Waals surface area contributed by atoms with Crippen LogP contribution in [-0.4, -0.2) is 24.1 Å². The van der Waals surface area contributed by atoms with Crippen LogP contribution in [0.3, 0.4) is 0 Å². The Bertz CT molecular complexity index is 887. The Morgan fingerprint density at radius 3 is 2.83 bits per heavy atom. The summed E-state index contributed by atoms with van der Waals surface area (Å²) in [4.78, 5) is 17.7. The highest BCUT2D eigenvalue weighted by molar-refractivity contribution is 7.17. The van der Waals surface area contributed by atoms with E-state index in [1.165, 1.54) is 11.3 Å². The highest BCUT2D eigenvalue weighted by Gasteiger charge is 2.18. The molecule has 0 saturated carbocycles. The van der Waals surface area contributed by atoms with Crippen molar-refractivity contribution >= 4 is 34.3 Å². The highest BCUT2D eigenvalue weighted by atomic mass is 32.1. The summed E-state index contributed by atoms with van der Waals surface area (Å²) >= 11 is 3.01. The van der Waals surface area contributed by atoms with Crippen molar-refractivity contribution in [3.05, 3.63) is 45.6 Å². The number of ether oxygens (including phenoxy) is 2. The number of thiophene rings is 1. The minimum absolute atomic E-state index is 0.164. The molecule has 7 heteroatoms. The van der Waals surface area contributed by atoms with Gasteiger partial charge in [-0.3, -0.25) is 4.79 Å². The molecule has 1 aliphatic rings. The molecule has 3 aromatic rings. The fourth-order valence-electron chi connectivity index (χ4n) is 2.43. The van der Waals surface area contributed by atoms with Gasteiger partial charge in [0.15, 0.2) is 11.5 Å². The van der Waals surface area contributed by atoms with Crippen molar-refractivity contribution in [2.45, 2.75) is 6.92 Å². The van der Waals surface area contributed by atoms with Gasteiger partial charge in [-0.25, -0.2) is 4.98 Å². The number of rotatable bonds is 3. The second-order valence-electron chi connectivity index (χ2n) is 5.26. The van der Waals surface area contributed by atoms with E-state index in [0.717, 1.165) is 16.3 Å². The Morgan fingerprint density at radius 2 is 2.04 bits per heavy atom. The molecule has 0 atom stereocenters. The van der Waals surface area contributed by atoms with Gasteiger partial charge in [-0.15, -0.1) is 11.3 Å². The van der Waals surface area contributed by atoms with E-state index in [2.05, 4.69) is 10.3 Å². The summed E-state index contributed by atoms with van der Waals surface area (Å²) in [5, 5.41) is 7.80. The van der Waals surface area contributed by atoms with Crippen LogP contribution in [-0.2, 0) is 0 Å². The first-order valence-electron chi connectivity index (χ1n) is 7.42. The Hall–Kier alpha value is -2.38. The Morgan fingerprint density at radius 1 is 1.21 bits per heavy atom. The monoisotopic (exact) mass is 358 g/mol. The molecule has 1 aliphatic heterocycles. The molecular formula is C17H14N2O3S2. The average Bonchev–Trinajstić information content (AvgIpc) is 3.24. The number of aromatic nitrogens is 1. The zero-order valence-electron chi connectivity index (χ0n) is 12.9. The number of thiazole rings is 1. The van der Waals surface area contributed by atoms with Gasteiger partial charge in [0.2, 0.25) is 0 Å². The zero-order chi connectivity index (χ0) is 16.5. The molecule has 1 aromatic carbocycles. The molecule has 5 nitrogen and oxygen atoms in total. The smallest absolute Gasteiger partial charge is 0.267 e. The van der Waals surface area contributed by atoms with E-state index < -0.39 is 0 Å². The summed E-state index contributed by atoms with van der Waals surface area (Å²) in [6.07, 6.45) is 0. The molecule has 1 N–H and O–H groups in total. The second kappa shape index (κ2) is 6.26. The molecular weight excluding hydrogens is 344 g/mol. The maximum atomic E-state index is 12.6. The first kappa shape index (κ1) is 15.2. The second-order valence-corrected chi connectivity index (χ2v) is 7.04. The van der Waals surface area contributed by atoms with Crippen molar-refractivity contribution < 1.29 is 14.3 Å². The lowest BCUT2D eigenvalue weighted by atomic mass is 10.2. The molecule has 4 rings (SSSR count). The van der Waals surface area contributed by atoms with E-state index >= 15 is 0 Å². The summed E-state index contributed by atoms with van der Waals surface area (Å²) in [6, 6.07) is 7.40. The number of aryl methyl sites for hydroxylation is 1. The molecule has 122 valence electrons. The summed E-state index contributed by atoms with van der Waals surface area (Å²) < 4.78 is 11.0. The molecule has 3 heterocycles. The van der Waals surface area contributed by atoms with Gasteiger partial charge in [-0.05, 0) is 30.5 Å². The van der Waals surface area contributed by atoms with Crippen molar-refractivity contribution in [2.24, 2.45) is 0 Å². The molecule has 0 spiro atoms. The quantitative estimate of drug-likeness (QED) is 0.762. The van der Waals surface area contributed by atoms with Crippen molar-refractivity contribution in [3.63, 3.8) is 0 Å². The van der Waals surface area contributed by atoms with Crippen LogP contribution in [0.5, 0.6) is 11.5 Å². The van der Waals surface area contributed by atoms with Gasteiger partial charge in [0.05, 0.1) is 5.69 Å². The Labute approximate surface area is 146 Å². The first-order chi connectivity index (χ1) is 11.7. The number of nitrogens with zero attached hydrogens (tertiary/aromatic N) is 1. The predicted octanol–water partition coefficient (Wildman–Crippen LogP) is 4.20.